The summed E-state index contributed by atoms with van der Waals surface area (Å²) in [6, 6.07) is 10.3. The Labute approximate surface area is 93.2 Å². The van der Waals surface area contributed by atoms with Crippen molar-refractivity contribution in [1.29, 1.82) is 0 Å². The lowest BCUT2D eigenvalue weighted by molar-refractivity contribution is 0.577. The zero-order valence-corrected chi connectivity index (χ0v) is 9.79. The molecule has 0 amide bonds. The van der Waals surface area contributed by atoms with E-state index < -0.39 is 0 Å². The highest BCUT2D eigenvalue weighted by atomic mass is 14.9. The summed E-state index contributed by atoms with van der Waals surface area (Å²) in [5.41, 5.74) is 2.47. The van der Waals surface area contributed by atoms with Crippen molar-refractivity contribution in [1.82, 2.24) is 0 Å². The van der Waals surface area contributed by atoms with Crippen LogP contribution in [0.5, 0.6) is 0 Å². The molecule has 0 radical (unpaired) electrons. The lowest BCUT2D eigenvalue weighted by Crippen LogP contribution is -2.14. The Morgan fingerprint density at radius 3 is 2.53 bits per heavy atom. The van der Waals surface area contributed by atoms with Gasteiger partial charge in [0.1, 0.15) is 0 Å². The van der Waals surface area contributed by atoms with E-state index in [-0.39, 0.29) is 0 Å². The molecule has 1 atom stereocenters. The molecule has 0 heterocycles. The quantitative estimate of drug-likeness (QED) is 0.687. The summed E-state index contributed by atoms with van der Waals surface area (Å²) < 4.78 is 0. The SMILES string of the molecule is C=C(C)C(CCC)CNc1ccccc1. The van der Waals surface area contributed by atoms with E-state index in [2.05, 4.69) is 50.0 Å². The summed E-state index contributed by atoms with van der Waals surface area (Å²) >= 11 is 0. The van der Waals surface area contributed by atoms with Gasteiger partial charge in [0.15, 0.2) is 0 Å². The Hall–Kier alpha value is -1.24. The van der Waals surface area contributed by atoms with Crippen molar-refractivity contribution < 1.29 is 0 Å². The highest BCUT2D eigenvalue weighted by Crippen LogP contribution is 2.16. The molecule has 0 aliphatic heterocycles. The minimum Gasteiger partial charge on any atom is -0.384 e. The Morgan fingerprint density at radius 1 is 1.33 bits per heavy atom. The average Bonchev–Trinajstić information content (AvgIpc) is 2.25. The fourth-order valence-electron chi connectivity index (χ4n) is 1.67. The molecule has 0 saturated heterocycles. The van der Waals surface area contributed by atoms with Crippen LogP contribution in [-0.2, 0) is 0 Å². The molecule has 82 valence electrons. The van der Waals surface area contributed by atoms with Gasteiger partial charge >= 0.3 is 0 Å². The van der Waals surface area contributed by atoms with Crippen molar-refractivity contribution in [3.63, 3.8) is 0 Å². The maximum Gasteiger partial charge on any atom is 0.0340 e. The van der Waals surface area contributed by atoms with Crippen molar-refractivity contribution in [2.75, 3.05) is 11.9 Å². The van der Waals surface area contributed by atoms with Crippen LogP contribution in [0.3, 0.4) is 0 Å². The largest absolute Gasteiger partial charge is 0.384 e. The van der Waals surface area contributed by atoms with Crippen molar-refractivity contribution in [2.45, 2.75) is 26.7 Å². The van der Waals surface area contributed by atoms with Crippen LogP contribution < -0.4 is 5.32 Å². The van der Waals surface area contributed by atoms with Gasteiger partial charge in [-0.25, -0.2) is 0 Å². The van der Waals surface area contributed by atoms with Gasteiger partial charge < -0.3 is 5.32 Å². The number of hydrogen-bond donors (Lipinski definition) is 1. The van der Waals surface area contributed by atoms with E-state index in [9.17, 15) is 0 Å². The summed E-state index contributed by atoms with van der Waals surface area (Å²) in [5.74, 6) is 0.593. The van der Waals surface area contributed by atoms with E-state index >= 15 is 0 Å². The van der Waals surface area contributed by atoms with Crippen LogP contribution in [0.15, 0.2) is 42.5 Å². The number of para-hydroxylation sites is 1. The molecule has 0 spiro atoms. The Bertz CT molecular complexity index is 289. The topological polar surface area (TPSA) is 12.0 Å². The first kappa shape index (κ1) is 11.8. The van der Waals surface area contributed by atoms with Crippen molar-refractivity contribution in [3.05, 3.63) is 42.5 Å². The number of nitrogens with one attached hydrogen (secondary N) is 1. The Morgan fingerprint density at radius 2 is 2.00 bits per heavy atom. The van der Waals surface area contributed by atoms with E-state index in [0.717, 1.165) is 6.54 Å². The molecule has 1 unspecified atom stereocenters. The van der Waals surface area contributed by atoms with Crippen molar-refractivity contribution in [2.24, 2.45) is 5.92 Å². The predicted octanol–water partition coefficient (Wildman–Crippen LogP) is 4.09. The molecule has 0 fully saturated rings. The normalized spacial score (nSPS) is 12.1. The first-order valence-corrected chi connectivity index (χ1v) is 5.68. The second-order valence-corrected chi connectivity index (χ2v) is 4.08. The molecule has 0 aliphatic carbocycles. The standard InChI is InChI=1S/C14H21N/c1-4-8-13(12(2)3)11-15-14-9-6-5-7-10-14/h5-7,9-10,13,15H,2,4,8,11H2,1,3H3. The molecule has 0 bridgehead atoms. The summed E-state index contributed by atoms with van der Waals surface area (Å²) in [5, 5.41) is 3.45. The maximum absolute atomic E-state index is 4.05. The second-order valence-electron chi connectivity index (χ2n) is 4.08. The lowest BCUT2D eigenvalue weighted by Gasteiger charge is -2.17. The summed E-state index contributed by atoms with van der Waals surface area (Å²) in [4.78, 5) is 0. The van der Waals surface area contributed by atoms with Crippen LogP contribution in [0.1, 0.15) is 26.7 Å². The van der Waals surface area contributed by atoms with Gasteiger partial charge in [-0.1, -0.05) is 43.7 Å². The third-order valence-electron chi connectivity index (χ3n) is 2.66. The fraction of sp³-hybridized carbons (Fsp3) is 0.429. The molecular weight excluding hydrogens is 182 g/mol. The van der Waals surface area contributed by atoms with Gasteiger partial charge in [-0.3, -0.25) is 0 Å². The zero-order chi connectivity index (χ0) is 11.1. The minimum absolute atomic E-state index is 0.593. The average molecular weight is 203 g/mol. The lowest BCUT2D eigenvalue weighted by atomic mass is 9.96. The van der Waals surface area contributed by atoms with E-state index in [1.54, 1.807) is 0 Å². The van der Waals surface area contributed by atoms with Gasteiger partial charge in [0.25, 0.3) is 0 Å². The monoisotopic (exact) mass is 203 g/mol. The number of rotatable bonds is 6. The molecule has 1 N–H and O–H groups in total. The van der Waals surface area contributed by atoms with E-state index in [4.69, 9.17) is 0 Å². The predicted molar refractivity (Wildman–Crippen MR) is 68.1 cm³/mol. The van der Waals surface area contributed by atoms with Gasteiger partial charge in [-0.15, -0.1) is 0 Å². The third kappa shape index (κ3) is 4.20. The summed E-state index contributed by atoms with van der Waals surface area (Å²) in [6.07, 6.45) is 2.43. The highest BCUT2D eigenvalue weighted by molar-refractivity contribution is 5.42. The molecule has 1 nitrogen and oxygen atoms in total. The van der Waals surface area contributed by atoms with Crippen LogP contribution >= 0.6 is 0 Å². The molecular formula is C14H21N. The van der Waals surface area contributed by atoms with Crippen LogP contribution in [-0.4, -0.2) is 6.54 Å². The highest BCUT2D eigenvalue weighted by Gasteiger charge is 2.07. The summed E-state index contributed by atoms with van der Waals surface area (Å²) in [6.45, 7) is 9.38. The number of hydrogen-bond acceptors (Lipinski definition) is 1. The Balaban J connectivity index is 2.43. The van der Waals surface area contributed by atoms with Gasteiger partial charge in [-0.05, 0) is 31.4 Å². The fourth-order valence-corrected chi connectivity index (χ4v) is 1.67. The van der Waals surface area contributed by atoms with Crippen LogP contribution in [0.25, 0.3) is 0 Å². The molecule has 1 rings (SSSR count). The van der Waals surface area contributed by atoms with E-state index in [0.29, 0.717) is 5.92 Å². The zero-order valence-electron chi connectivity index (χ0n) is 9.79. The molecule has 0 aliphatic rings. The van der Waals surface area contributed by atoms with Gasteiger partial charge in [0.05, 0.1) is 0 Å². The molecule has 1 aromatic carbocycles. The van der Waals surface area contributed by atoms with E-state index in [1.165, 1.54) is 24.1 Å². The molecule has 1 heteroatoms. The third-order valence-corrected chi connectivity index (χ3v) is 2.66. The second kappa shape index (κ2) is 6.28. The van der Waals surface area contributed by atoms with E-state index in [1.807, 2.05) is 6.07 Å². The van der Waals surface area contributed by atoms with Gasteiger partial charge in [-0.2, -0.15) is 0 Å². The molecule has 1 aromatic rings. The first-order chi connectivity index (χ1) is 7.24. The number of benzene rings is 1. The molecule has 0 aromatic heterocycles. The van der Waals surface area contributed by atoms with Crippen LogP contribution in [0.4, 0.5) is 5.69 Å². The maximum atomic E-state index is 4.05. The van der Waals surface area contributed by atoms with Crippen molar-refractivity contribution >= 4 is 5.69 Å². The van der Waals surface area contributed by atoms with Crippen molar-refractivity contribution in [3.8, 4) is 0 Å². The van der Waals surface area contributed by atoms with Crippen LogP contribution in [0.2, 0.25) is 0 Å². The number of anilines is 1. The van der Waals surface area contributed by atoms with Gasteiger partial charge in [0, 0.05) is 12.2 Å². The smallest absolute Gasteiger partial charge is 0.0340 e. The minimum atomic E-state index is 0.593. The Kier molecular flexibility index (Phi) is 4.96. The molecule has 0 saturated carbocycles. The summed E-state index contributed by atoms with van der Waals surface area (Å²) in [7, 11) is 0. The first-order valence-electron chi connectivity index (χ1n) is 5.68. The molecule has 15 heavy (non-hydrogen) atoms. The van der Waals surface area contributed by atoms with Gasteiger partial charge in [0.2, 0.25) is 0 Å². The van der Waals surface area contributed by atoms with Crippen LogP contribution in [0, 0.1) is 5.92 Å².